The third-order valence-electron chi connectivity index (χ3n) is 2.85. The van der Waals surface area contributed by atoms with E-state index in [4.69, 9.17) is 10.2 Å². The molecule has 0 spiro atoms. The molecular formula is C14H12FNO4S. The van der Waals surface area contributed by atoms with Gasteiger partial charge in [0.05, 0.1) is 11.3 Å². The van der Waals surface area contributed by atoms with E-state index in [9.17, 15) is 17.6 Å². The van der Waals surface area contributed by atoms with Crippen LogP contribution in [0.4, 0.5) is 4.39 Å². The molecule has 0 saturated carbocycles. The molecule has 0 atom stereocenters. The lowest BCUT2D eigenvalue weighted by molar-refractivity contribution is 0.0697. The summed E-state index contributed by atoms with van der Waals surface area (Å²) >= 11 is 0. The molecule has 2 aromatic rings. The predicted molar refractivity (Wildman–Crippen MR) is 75.6 cm³/mol. The van der Waals surface area contributed by atoms with Crippen molar-refractivity contribution >= 4 is 16.0 Å². The summed E-state index contributed by atoms with van der Waals surface area (Å²) in [6, 6.07) is 10.0. The van der Waals surface area contributed by atoms with Crippen LogP contribution < -0.4 is 5.14 Å². The van der Waals surface area contributed by atoms with E-state index >= 15 is 0 Å². The van der Waals surface area contributed by atoms with Gasteiger partial charge in [0, 0.05) is 5.56 Å². The van der Waals surface area contributed by atoms with E-state index in [1.807, 2.05) is 0 Å². The molecule has 0 aliphatic heterocycles. The minimum absolute atomic E-state index is 0.0318. The largest absolute Gasteiger partial charge is 0.478 e. The van der Waals surface area contributed by atoms with Crippen LogP contribution in [-0.2, 0) is 15.8 Å². The number of rotatable bonds is 4. The second kappa shape index (κ2) is 5.63. The van der Waals surface area contributed by atoms with Gasteiger partial charge in [-0.1, -0.05) is 24.3 Å². The van der Waals surface area contributed by atoms with Crippen LogP contribution in [0.3, 0.4) is 0 Å². The zero-order valence-corrected chi connectivity index (χ0v) is 11.6. The van der Waals surface area contributed by atoms with Crippen LogP contribution in [-0.4, -0.2) is 19.5 Å². The van der Waals surface area contributed by atoms with Crippen molar-refractivity contribution in [3.63, 3.8) is 0 Å². The van der Waals surface area contributed by atoms with Gasteiger partial charge < -0.3 is 5.11 Å². The summed E-state index contributed by atoms with van der Waals surface area (Å²) in [4.78, 5) is 10.9. The highest BCUT2D eigenvalue weighted by molar-refractivity contribution is 7.88. The van der Waals surface area contributed by atoms with E-state index < -0.39 is 27.6 Å². The quantitative estimate of drug-likeness (QED) is 0.902. The van der Waals surface area contributed by atoms with Crippen molar-refractivity contribution in [2.24, 2.45) is 5.14 Å². The summed E-state index contributed by atoms with van der Waals surface area (Å²) in [5, 5.41) is 13.8. The molecule has 2 rings (SSSR count). The minimum atomic E-state index is -3.81. The third-order valence-corrected chi connectivity index (χ3v) is 3.57. The molecule has 5 nitrogen and oxygen atoms in total. The second-order valence-electron chi connectivity index (χ2n) is 4.50. The van der Waals surface area contributed by atoms with Crippen LogP contribution in [0.5, 0.6) is 0 Å². The third kappa shape index (κ3) is 3.87. The van der Waals surface area contributed by atoms with E-state index in [-0.39, 0.29) is 11.1 Å². The Morgan fingerprint density at radius 2 is 1.81 bits per heavy atom. The maximum atomic E-state index is 13.9. The van der Waals surface area contributed by atoms with Crippen molar-refractivity contribution in [2.75, 3.05) is 0 Å². The standard InChI is InChI=1S/C14H12FNO4S/c15-13-7-10(4-5-12(13)8-21(16,19)20)9-2-1-3-11(6-9)14(17)18/h1-7H,8H2,(H,17,18)(H2,16,19,20). The molecular weight excluding hydrogens is 297 g/mol. The summed E-state index contributed by atoms with van der Waals surface area (Å²) in [5.74, 6) is -2.38. The van der Waals surface area contributed by atoms with E-state index in [1.54, 1.807) is 12.1 Å². The molecule has 3 N–H and O–H groups in total. The predicted octanol–water partition coefficient (Wildman–Crippen LogP) is 1.98. The number of hydrogen-bond acceptors (Lipinski definition) is 3. The normalized spacial score (nSPS) is 11.3. The van der Waals surface area contributed by atoms with Crippen molar-refractivity contribution in [1.29, 1.82) is 0 Å². The molecule has 0 aliphatic rings. The van der Waals surface area contributed by atoms with Gasteiger partial charge in [0.25, 0.3) is 0 Å². The van der Waals surface area contributed by atoms with Crippen molar-refractivity contribution in [1.82, 2.24) is 0 Å². The summed E-state index contributed by atoms with van der Waals surface area (Å²) in [7, 11) is -3.81. The number of nitrogens with two attached hydrogens (primary N) is 1. The molecule has 0 aromatic heterocycles. The second-order valence-corrected chi connectivity index (χ2v) is 6.11. The van der Waals surface area contributed by atoms with E-state index in [0.29, 0.717) is 11.1 Å². The Hall–Kier alpha value is -2.25. The molecule has 0 fully saturated rings. The number of halogens is 1. The number of carbonyl (C=O) groups is 1. The van der Waals surface area contributed by atoms with Crippen molar-refractivity contribution in [3.05, 3.63) is 59.4 Å². The smallest absolute Gasteiger partial charge is 0.335 e. The summed E-state index contributed by atoms with van der Waals surface area (Å²) in [5.41, 5.74) is 1.03. The Kier molecular flexibility index (Phi) is 4.06. The monoisotopic (exact) mass is 309 g/mol. The summed E-state index contributed by atoms with van der Waals surface area (Å²) in [6.45, 7) is 0. The Labute approximate surface area is 120 Å². The molecule has 0 aliphatic carbocycles. The number of carboxylic acids is 1. The lowest BCUT2D eigenvalue weighted by Crippen LogP contribution is -2.15. The van der Waals surface area contributed by atoms with Gasteiger partial charge in [0.1, 0.15) is 5.82 Å². The van der Waals surface area contributed by atoms with Crippen LogP contribution in [0.25, 0.3) is 11.1 Å². The first-order valence-corrected chi connectivity index (χ1v) is 7.60. The zero-order chi connectivity index (χ0) is 15.6. The maximum Gasteiger partial charge on any atom is 0.335 e. The first-order valence-electron chi connectivity index (χ1n) is 5.89. The molecule has 0 amide bonds. The fraction of sp³-hybridized carbons (Fsp3) is 0.0714. The zero-order valence-electron chi connectivity index (χ0n) is 10.8. The lowest BCUT2D eigenvalue weighted by Gasteiger charge is -2.06. The van der Waals surface area contributed by atoms with Crippen LogP contribution >= 0.6 is 0 Å². The molecule has 0 unspecified atom stereocenters. The first-order chi connectivity index (χ1) is 9.76. The number of sulfonamides is 1. The average Bonchev–Trinajstić information content (AvgIpc) is 2.40. The van der Waals surface area contributed by atoms with Crippen molar-refractivity contribution in [2.45, 2.75) is 5.75 Å². The fourth-order valence-electron chi connectivity index (χ4n) is 1.89. The van der Waals surface area contributed by atoms with Gasteiger partial charge in [-0.25, -0.2) is 22.7 Å². The highest BCUT2D eigenvalue weighted by Gasteiger charge is 2.12. The molecule has 0 bridgehead atoms. The molecule has 0 heterocycles. The number of hydrogen-bond donors (Lipinski definition) is 2. The lowest BCUT2D eigenvalue weighted by atomic mass is 10.0. The first kappa shape index (κ1) is 15.1. The number of aromatic carboxylic acids is 1. The topological polar surface area (TPSA) is 97.5 Å². The summed E-state index contributed by atoms with van der Waals surface area (Å²) in [6.07, 6.45) is 0. The Bertz CT molecular complexity index is 802. The van der Waals surface area contributed by atoms with E-state index in [1.165, 1.54) is 24.3 Å². The summed E-state index contributed by atoms with van der Waals surface area (Å²) < 4.78 is 35.8. The van der Waals surface area contributed by atoms with Crippen molar-refractivity contribution in [3.8, 4) is 11.1 Å². The van der Waals surface area contributed by atoms with E-state index in [2.05, 4.69) is 0 Å². The van der Waals surface area contributed by atoms with Gasteiger partial charge in [-0.3, -0.25) is 0 Å². The van der Waals surface area contributed by atoms with E-state index in [0.717, 1.165) is 6.07 Å². The maximum absolute atomic E-state index is 13.9. The highest BCUT2D eigenvalue weighted by Crippen LogP contribution is 2.23. The highest BCUT2D eigenvalue weighted by atomic mass is 32.2. The van der Waals surface area contributed by atoms with Gasteiger partial charge >= 0.3 is 5.97 Å². The van der Waals surface area contributed by atoms with Gasteiger partial charge in [0.15, 0.2) is 0 Å². The Balaban J connectivity index is 2.40. The SMILES string of the molecule is NS(=O)(=O)Cc1ccc(-c2cccc(C(=O)O)c2)cc1F. The number of primary sulfonamides is 1. The fourth-order valence-corrected chi connectivity index (χ4v) is 2.56. The van der Waals surface area contributed by atoms with Gasteiger partial charge in [-0.15, -0.1) is 0 Å². The molecule has 21 heavy (non-hydrogen) atoms. The number of carboxylic acid groups (broad SMARTS) is 1. The number of benzene rings is 2. The molecule has 110 valence electrons. The van der Waals surface area contributed by atoms with Gasteiger partial charge in [0.2, 0.25) is 10.0 Å². The van der Waals surface area contributed by atoms with Crippen LogP contribution in [0, 0.1) is 5.82 Å². The molecule has 0 radical (unpaired) electrons. The van der Waals surface area contributed by atoms with Gasteiger partial charge in [-0.2, -0.15) is 0 Å². The average molecular weight is 309 g/mol. The van der Waals surface area contributed by atoms with Crippen LogP contribution in [0.1, 0.15) is 15.9 Å². The Morgan fingerprint density at radius 1 is 1.14 bits per heavy atom. The van der Waals surface area contributed by atoms with Gasteiger partial charge in [-0.05, 0) is 29.3 Å². The Morgan fingerprint density at radius 3 is 2.38 bits per heavy atom. The van der Waals surface area contributed by atoms with Crippen molar-refractivity contribution < 1.29 is 22.7 Å². The van der Waals surface area contributed by atoms with Crippen LogP contribution in [0.15, 0.2) is 42.5 Å². The van der Waals surface area contributed by atoms with Crippen LogP contribution in [0.2, 0.25) is 0 Å². The molecule has 0 saturated heterocycles. The molecule has 7 heteroatoms. The molecule has 2 aromatic carbocycles. The minimum Gasteiger partial charge on any atom is -0.478 e.